The molecule has 2 atom stereocenters. The second-order valence-electron chi connectivity index (χ2n) is 6.45. The van der Waals surface area contributed by atoms with E-state index in [4.69, 9.17) is 0 Å². The number of hydrogen-bond acceptors (Lipinski definition) is 3. The molecule has 0 radical (unpaired) electrons. The van der Waals surface area contributed by atoms with E-state index in [1.807, 2.05) is 30.3 Å². The van der Waals surface area contributed by atoms with Crippen molar-refractivity contribution >= 4 is 17.7 Å². The van der Waals surface area contributed by atoms with Crippen molar-refractivity contribution in [2.75, 3.05) is 13.1 Å². The van der Waals surface area contributed by atoms with E-state index in [2.05, 4.69) is 0 Å². The number of ketones is 1. The lowest BCUT2D eigenvalue weighted by Gasteiger charge is -2.17. The quantitative estimate of drug-likeness (QED) is 0.865. The minimum Gasteiger partial charge on any atom is -0.481 e. The van der Waals surface area contributed by atoms with Crippen molar-refractivity contribution in [2.45, 2.75) is 12.8 Å². The van der Waals surface area contributed by atoms with E-state index in [0.717, 1.165) is 5.56 Å². The lowest BCUT2D eigenvalue weighted by Crippen LogP contribution is -2.31. The number of benzene rings is 1. The first-order chi connectivity index (χ1) is 11.9. The fraction of sp³-hybridized carbons (Fsp3) is 0.316. The molecule has 1 fully saturated rings. The van der Waals surface area contributed by atoms with Crippen molar-refractivity contribution < 1.29 is 19.5 Å². The van der Waals surface area contributed by atoms with Crippen molar-refractivity contribution in [1.29, 1.82) is 0 Å². The van der Waals surface area contributed by atoms with Gasteiger partial charge in [-0.2, -0.15) is 0 Å². The van der Waals surface area contributed by atoms with Crippen LogP contribution in [0.5, 0.6) is 0 Å². The summed E-state index contributed by atoms with van der Waals surface area (Å²) in [6.45, 7) is 1.96. The number of amides is 1. The largest absolute Gasteiger partial charge is 0.481 e. The van der Waals surface area contributed by atoms with Crippen LogP contribution in [0.15, 0.2) is 42.6 Å². The summed E-state index contributed by atoms with van der Waals surface area (Å²) in [6, 6.07) is 11.0. The molecule has 1 aliphatic heterocycles. The second kappa shape index (κ2) is 6.55. The number of carbonyl (C=O) groups excluding carboxylic acids is 2. The van der Waals surface area contributed by atoms with Crippen LogP contribution in [0, 0.1) is 5.92 Å². The SMILES string of the molecule is CC(=O)c1cc(C(=O)N2C[C@H](C(=O)O)[C@H](c3ccccc3)C2)n(C)c1. The summed E-state index contributed by atoms with van der Waals surface area (Å²) in [6.07, 6.45) is 1.62. The highest BCUT2D eigenvalue weighted by atomic mass is 16.4. The Morgan fingerprint density at radius 3 is 2.36 bits per heavy atom. The maximum absolute atomic E-state index is 12.8. The highest BCUT2D eigenvalue weighted by Crippen LogP contribution is 2.33. The Morgan fingerprint density at radius 2 is 1.80 bits per heavy atom. The average molecular weight is 340 g/mol. The molecule has 2 heterocycles. The first-order valence-electron chi connectivity index (χ1n) is 8.12. The van der Waals surface area contributed by atoms with Gasteiger partial charge in [-0.15, -0.1) is 0 Å². The molecule has 1 aromatic carbocycles. The van der Waals surface area contributed by atoms with Gasteiger partial charge in [0.25, 0.3) is 5.91 Å². The fourth-order valence-corrected chi connectivity index (χ4v) is 3.39. The minimum atomic E-state index is -0.902. The molecule has 25 heavy (non-hydrogen) atoms. The molecular formula is C19H20N2O4. The van der Waals surface area contributed by atoms with Crippen LogP contribution in [0.25, 0.3) is 0 Å². The fourth-order valence-electron chi connectivity index (χ4n) is 3.39. The van der Waals surface area contributed by atoms with Gasteiger partial charge in [0.2, 0.25) is 0 Å². The number of aliphatic carboxylic acids is 1. The summed E-state index contributed by atoms with van der Waals surface area (Å²) in [5.74, 6) is -2.14. The van der Waals surface area contributed by atoms with Crippen molar-refractivity contribution in [3.8, 4) is 0 Å². The highest BCUT2D eigenvalue weighted by molar-refractivity contribution is 5.99. The Morgan fingerprint density at radius 1 is 1.12 bits per heavy atom. The van der Waals surface area contributed by atoms with Gasteiger partial charge in [-0.3, -0.25) is 14.4 Å². The number of Topliss-reactive ketones (excluding diaryl/α,β-unsaturated/α-hetero) is 1. The summed E-state index contributed by atoms with van der Waals surface area (Å²) in [5.41, 5.74) is 1.78. The Kier molecular flexibility index (Phi) is 4.44. The molecule has 3 rings (SSSR count). The van der Waals surface area contributed by atoms with Gasteiger partial charge >= 0.3 is 5.97 Å². The Balaban J connectivity index is 1.87. The molecular weight excluding hydrogens is 320 g/mol. The van der Waals surface area contributed by atoms with Crippen LogP contribution in [-0.2, 0) is 11.8 Å². The average Bonchev–Trinajstić information content (AvgIpc) is 3.19. The standard InChI is InChI=1S/C19H20N2O4/c1-12(22)14-8-17(20(2)9-14)18(23)21-10-15(16(11-21)19(24)25)13-6-4-3-5-7-13/h3-9,15-16H,10-11H2,1-2H3,(H,24,25)/t15-,16-/m0/s1. The zero-order chi connectivity index (χ0) is 18.1. The number of carboxylic acids is 1. The van der Waals surface area contributed by atoms with Crippen LogP contribution in [0.3, 0.4) is 0 Å². The normalized spacial score (nSPS) is 19.8. The van der Waals surface area contributed by atoms with Crippen molar-refractivity contribution in [3.63, 3.8) is 0 Å². The third-order valence-corrected chi connectivity index (χ3v) is 4.78. The van der Waals surface area contributed by atoms with Gasteiger partial charge in [0.15, 0.2) is 5.78 Å². The Hall–Kier alpha value is -2.89. The number of aromatic nitrogens is 1. The van der Waals surface area contributed by atoms with E-state index < -0.39 is 11.9 Å². The van der Waals surface area contributed by atoms with Crippen LogP contribution < -0.4 is 0 Å². The van der Waals surface area contributed by atoms with Crippen LogP contribution in [-0.4, -0.2) is 45.3 Å². The molecule has 2 aromatic rings. The van der Waals surface area contributed by atoms with Gasteiger partial charge in [-0.05, 0) is 18.6 Å². The molecule has 1 N–H and O–H groups in total. The molecule has 0 saturated carbocycles. The summed E-state index contributed by atoms with van der Waals surface area (Å²) >= 11 is 0. The number of carbonyl (C=O) groups is 3. The molecule has 6 heteroatoms. The molecule has 1 aromatic heterocycles. The van der Waals surface area contributed by atoms with Crippen molar-refractivity contribution in [1.82, 2.24) is 9.47 Å². The smallest absolute Gasteiger partial charge is 0.308 e. The van der Waals surface area contributed by atoms with Crippen LogP contribution in [0.2, 0.25) is 0 Å². The number of carboxylic acid groups (broad SMARTS) is 1. The third-order valence-electron chi connectivity index (χ3n) is 4.78. The molecule has 1 amide bonds. The van der Waals surface area contributed by atoms with Crippen LogP contribution >= 0.6 is 0 Å². The minimum absolute atomic E-state index is 0.110. The van der Waals surface area contributed by atoms with E-state index in [9.17, 15) is 19.5 Å². The number of likely N-dealkylation sites (tertiary alicyclic amines) is 1. The maximum atomic E-state index is 12.8. The number of aryl methyl sites for hydroxylation is 1. The zero-order valence-electron chi connectivity index (χ0n) is 14.2. The number of nitrogens with zero attached hydrogens (tertiary/aromatic N) is 2. The van der Waals surface area contributed by atoms with E-state index in [1.54, 1.807) is 28.8 Å². The van der Waals surface area contributed by atoms with Gasteiger partial charge in [0, 0.05) is 37.8 Å². The maximum Gasteiger partial charge on any atom is 0.308 e. The molecule has 0 spiro atoms. The first kappa shape index (κ1) is 17.0. The first-order valence-corrected chi connectivity index (χ1v) is 8.12. The van der Waals surface area contributed by atoms with Crippen molar-refractivity contribution in [3.05, 3.63) is 59.4 Å². The highest BCUT2D eigenvalue weighted by Gasteiger charge is 2.41. The molecule has 1 saturated heterocycles. The molecule has 0 aliphatic carbocycles. The van der Waals surface area contributed by atoms with Crippen molar-refractivity contribution in [2.24, 2.45) is 13.0 Å². The van der Waals surface area contributed by atoms with E-state index in [-0.39, 0.29) is 24.2 Å². The molecule has 0 unspecified atom stereocenters. The Labute approximate surface area is 145 Å². The van der Waals surface area contributed by atoms with Gasteiger partial charge in [0.1, 0.15) is 5.69 Å². The lowest BCUT2D eigenvalue weighted by molar-refractivity contribution is -0.141. The molecule has 0 bridgehead atoms. The van der Waals surface area contributed by atoms with E-state index >= 15 is 0 Å². The summed E-state index contributed by atoms with van der Waals surface area (Å²) in [5, 5.41) is 9.56. The van der Waals surface area contributed by atoms with Gasteiger partial charge in [-0.1, -0.05) is 30.3 Å². The lowest BCUT2D eigenvalue weighted by atomic mass is 9.89. The summed E-state index contributed by atoms with van der Waals surface area (Å²) in [7, 11) is 1.71. The topological polar surface area (TPSA) is 79.6 Å². The number of hydrogen-bond donors (Lipinski definition) is 1. The molecule has 130 valence electrons. The van der Waals surface area contributed by atoms with E-state index in [1.165, 1.54) is 6.92 Å². The predicted molar refractivity (Wildman–Crippen MR) is 91.6 cm³/mol. The van der Waals surface area contributed by atoms with Crippen LogP contribution in [0.4, 0.5) is 0 Å². The van der Waals surface area contributed by atoms with Gasteiger partial charge in [0.05, 0.1) is 5.92 Å². The monoisotopic (exact) mass is 340 g/mol. The van der Waals surface area contributed by atoms with E-state index in [0.29, 0.717) is 17.8 Å². The van der Waals surface area contributed by atoms with Crippen LogP contribution in [0.1, 0.15) is 39.3 Å². The number of rotatable bonds is 4. The predicted octanol–water partition coefficient (Wildman–Crippen LogP) is 2.17. The summed E-state index contributed by atoms with van der Waals surface area (Å²) < 4.78 is 1.62. The summed E-state index contributed by atoms with van der Waals surface area (Å²) in [4.78, 5) is 37.6. The zero-order valence-corrected chi connectivity index (χ0v) is 14.2. The van der Waals surface area contributed by atoms with Gasteiger partial charge < -0.3 is 14.6 Å². The molecule has 6 nitrogen and oxygen atoms in total. The van der Waals surface area contributed by atoms with Gasteiger partial charge in [-0.25, -0.2) is 0 Å². The second-order valence-corrected chi connectivity index (χ2v) is 6.45. The Bertz CT molecular complexity index is 825. The third kappa shape index (κ3) is 3.20. The molecule has 1 aliphatic rings.